The van der Waals surface area contributed by atoms with Crippen LogP contribution in [0.15, 0.2) is 53.4 Å². The summed E-state index contributed by atoms with van der Waals surface area (Å²) < 4.78 is 40.2. The number of hydrogen-bond acceptors (Lipinski definition) is 4. The molecular weight excluding hydrogens is 481 g/mol. The fourth-order valence-corrected chi connectivity index (χ4v) is 4.56. The SMILES string of the molecule is CC[C@H](C(=O)NC(C)(C)C)N(Cc1ccc(F)cc1)C(=O)CN(C)S(=O)(=O)c1ccc(Cl)cc1. The summed E-state index contributed by atoms with van der Waals surface area (Å²) in [6.07, 6.45) is 0.308. The van der Waals surface area contributed by atoms with Crippen molar-refractivity contribution in [2.45, 2.75) is 57.1 Å². The van der Waals surface area contributed by atoms with Gasteiger partial charge in [0.15, 0.2) is 0 Å². The molecule has 0 heterocycles. The van der Waals surface area contributed by atoms with Gasteiger partial charge in [-0.3, -0.25) is 9.59 Å². The van der Waals surface area contributed by atoms with Crippen molar-refractivity contribution in [3.05, 3.63) is 64.9 Å². The number of carbonyl (C=O) groups is 2. The van der Waals surface area contributed by atoms with Crippen LogP contribution in [0.25, 0.3) is 0 Å². The van der Waals surface area contributed by atoms with E-state index in [9.17, 15) is 22.4 Å². The van der Waals surface area contributed by atoms with Crippen molar-refractivity contribution in [1.29, 1.82) is 0 Å². The van der Waals surface area contributed by atoms with Crippen LogP contribution in [-0.2, 0) is 26.2 Å². The molecule has 2 aromatic rings. The number of hydrogen-bond donors (Lipinski definition) is 1. The first-order valence-electron chi connectivity index (χ1n) is 10.8. The highest BCUT2D eigenvalue weighted by molar-refractivity contribution is 7.89. The standard InChI is InChI=1S/C24H31ClFN3O4S/c1-6-21(23(31)27-24(2,3)4)29(15-17-7-11-19(26)12-8-17)22(30)16-28(5)34(32,33)20-13-9-18(25)10-14-20/h7-14,21H,6,15-16H2,1-5H3,(H,27,31)/t21-/m1/s1. The predicted molar refractivity (Wildman–Crippen MR) is 130 cm³/mol. The number of benzene rings is 2. The minimum Gasteiger partial charge on any atom is -0.350 e. The van der Waals surface area contributed by atoms with E-state index in [1.54, 1.807) is 6.92 Å². The summed E-state index contributed by atoms with van der Waals surface area (Å²) in [5.41, 5.74) is 0.0871. The zero-order chi connectivity index (χ0) is 25.7. The van der Waals surface area contributed by atoms with E-state index in [2.05, 4.69) is 5.32 Å². The molecule has 0 saturated heterocycles. The molecule has 1 N–H and O–H groups in total. The minimum absolute atomic E-state index is 0.00481. The van der Waals surface area contributed by atoms with Gasteiger partial charge in [0.1, 0.15) is 11.9 Å². The molecule has 0 spiro atoms. The highest BCUT2D eigenvalue weighted by Crippen LogP contribution is 2.19. The van der Waals surface area contributed by atoms with Gasteiger partial charge in [0.05, 0.1) is 11.4 Å². The Hall–Kier alpha value is -2.49. The molecule has 7 nitrogen and oxygen atoms in total. The van der Waals surface area contributed by atoms with E-state index in [1.165, 1.54) is 60.5 Å². The topological polar surface area (TPSA) is 86.8 Å². The zero-order valence-electron chi connectivity index (χ0n) is 20.0. The number of nitrogens with one attached hydrogen (secondary N) is 1. The second-order valence-corrected chi connectivity index (χ2v) is 11.5. The van der Waals surface area contributed by atoms with E-state index in [0.717, 1.165) is 4.31 Å². The minimum atomic E-state index is -3.97. The quantitative estimate of drug-likeness (QED) is 0.554. The molecule has 0 aliphatic rings. The summed E-state index contributed by atoms with van der Waals surface area (Å²) in [4.78, 5) is 27.7. The van der Waals surface area contributed by atoms with Crippen LogP contribution in [-0.4, -0.2) is 54.6 Å². The highest BCUT2D eigenvalue weighted by Gasteiger charge is 2.33. The monoisotopic (exact) mass is 511 g/mol. The van der Waals surface area contributed by atoms with Crippen molar-refractivity contribution < 1.29 is 22.4 Å². The molecule has 0 aliphatic heterocycles. The third kappa shape index (κ3) is 7.51. The van der Waals surface area contributed by atoms with Gasteiger partial charge in [-0.2, -0.15) is 4.31 Å². The Morgan fingerprint density at radius 2 is 1.62 bits per heavy atom. The Morgan fingerprint density at radius 1 is 1.06 bits per heavy atom. The summed E-state index contributed by atoms with van der Waals surface area (Å²) in [5, 5.41) is 3.27. The van der Waals surface area contributed by atoms with Crippen LogP contribution in [0.4, 0.5) is 4.39 Å². The van der Waals surface area contributed by atoms with E-state index in [0.29, 0.717) is 17.0 Å². The van der Waals surface area contributed by atoms with Crippen LogP contribution in [0.3, 0.4) is 0 Å². The van der Waals surface area contributed by atoms with Crippen LogP contribution < -0.4 is 5.32 Å². The van der Waals surface area contributed by atoms with Gasteiger partial charge in [0, 0.05) is 24.2 Å². The number of halogens is 2. The van der Waals surface area contributed by atoms with Crippen molar-refractivity contribution in [2.24, 2.45) is 0 Å². The molecular formula is C24H31ClFN3O4S. The van der Waals surface area contributed by atoms with Crippen LogP contribution in [0.5, 0.6) is 0 Å². The molecule has 0 aromatic heterocycles. The summed E-state index contributed by atoms with van der Waals surface area (Å²) >= 11 is 5.85. The molecule has 10 heteroatoms. The van der Waals surface area contributed by atoms with Crippen LogP contribution in [0.1, 0.15) is 39.7 Å². The lowest BCUT2D eigenvalue weighted by Crippen LogP contribution is -2.55. The maximum Gasteiger partial charge on any atom is 0.243 e. The number of carbonyl (C=O) groups excluding carboxylic acids is 2. The van der Waals surface area contributed by atoms with Gasteiger partial charge >= 0.3 is 0 Å². The summed E-state index contributed by atoms with van der Waals surface area (Å²) in [5.74, 6) is -1.33. The molecule has 0 aliphatic carbocycles. The lowest BCUT2D eigenvalue weighted by molar-refractivity contribution is -0.142. The molecule has 2 aromatic carbocycles. The Labute approximate surface area is 205 Å². The maximum absolute atomic E-state index is 13.4. The Morgan fingerprint density at radius 3 is 2.12 bits per heavy atom. The summed E-state index contributed by atoms with van der Waals surface area (Å²) in [6.45, 7) is 6.80. The Balaban J connectivity index is 2.34. The van der Waals surface area contributed by atoms with E-state index in [4.69, 9.17) is 11.6 Å². The fraction of sp³-hybridized carbons (Fsp3) is 0.417. The van der Waals surface area contributed by atoms with Gasteiger partial charge in [-0.25, -0.2) is 12.8 Å². The number of rotatable bonds is 9. The molecule has 0 saturated carbocycles. The first-order chi connectivity index (χ1) is 15.7. The summed E-state index contributed by atoms with van der Waals surface area (Å²) in [6, 6.07) is 10.4. The number of sulfonamides is 1. The van der Waals surface area contributed by atoms with Gasteiger partial charge < -0.3 is 10.2 Å². The van der Waals surface area contributed by atoms with Gasteiger partial charge in [-0.05, 0) is 69.2 Å². The molecule has 0 radical (unpaired) electrons. The third-order valence-corrected chi connectivity index (χ3v) is 7.10. The second kappa shape index (κ2) is 11.3. The first kappa shape index (κ1) is 27.8. The highest BCUT2D eigenvalue weighted by atomic mass is 35.5. The zero-order valence-corrected chi connectivity index (χ0v) is 21.6. The van der Waals surface area contributed by atoms with Crippen molar-refractivity contribution in [2.75, 3.05) is 13.6 Å². The average molecular weight is 512 g/mol. The lowest BCUT2D eigenvalue weighted by Gasteiger charge is -2.34. The average Bonchev–Trinajstić information content (AvgIpc) is 2.74. The molecule has 34 heavy (non-hydrogen) atoms. The van der Waals surface area contributed by atoms with Gasteiger partial charge in [-0.15, -0.1) is 0 Å². The molecule has 2 rings (SSSR count). The van der Waals surface area contributed by atoms with Crippen LogP contribution in [0, 0.1) is 5.82 Å². The fourth-order valence-electron chi connectivity index (χ4n) is 3.31. The van der Waals surface area contributed by atoms with E-state index >= 15 is 0 Å². The van der Waals surface area contributed by atoms with Crippen LogP contribution >= 0.6 is 11.6 Å². The van der Waals surface area contributed by atoms with Crippen molar-refractivity contribution in [3.63, 3.8) is 0 Å². The van der Waals surface area contributed by atoms with Crippen molar-refractivity contribution >= 4 is 33.4 Å². The molecule has 0 fully saturated rings. The summed E-state index contributed by atoms with van der Waals surface area (Å²) in [7, 11) is -2.67. The number of likely N-dealkylation sites (N-methyl/N-ethyl adjacent to an activating group) is 1. The molecule has 0 bridgehead atoms. The molecule has 186 valence electrons. The lowest BCUT2D eigenvalue weighted by atomic mass is 10.1. The number of amides is 2. The van der Waals surface area contributed by atoms with Crippen molar-refractivity contribution in [3.8, 4) is 0 Å². The first-order valence-corrected chi connectivity index (χ1v) is 12.6. The number of nitrogens with zero attached hydrogens (tertiary/aromatic N) is 2. The smallest absolute Gasteiger partial charge is 0.243 e. The molecule has 1 atom stereocenters. The predicted octanol–water partition coefficient (Wildman–Crippen LogP) is 3.82. The maximum atomic E-state index is 13.4. The van der Waals surface area contributed by atoms with E-state index < -0.39 is 39.9 Å². The van der Waals surface area contributed by atoms with Gasteiger partial charge in [0.25, 0.3) is 0 Å². The Kier molecular flexibility index (Phi) is 9.22. The second-order valence-electron chi connectivity index (χ2n) is 9.03. The largest absolute Gasteiger partial charge is 0.350 e. The molecule has 0 unspecified atom stereocenters. The van der Waals surface area contributed by atoms with Gasteiger partial charge in [0.2, 0.25) is 21.8 Å². The van der Waals surface area contributed by atoms with Gasteiger partial charge in [-0.1, -0.05) is 30.7 Å². The van der Waals surface area contributed by atoms with Crippen molar-refractivity contribution in [1.82, 2.24) is 14.5 Å². The molecule has 2 amide bonds. The Bertz CT molecular complexity index is 1100. The van der Waals surface area contributed by atoms with E-state index in [-0.39, 0.29) is 17.3 Å². The van der Waals surface area contributed by atoms with Crippen LogP contribution in [0.2, 0.25) is 5.02 Å². The normalized spacial score (nSPS) is 12.9. The third-order valence-electron chi connectivity index (χ3n) is 5.03. The van der Waals surface area contributed by atoms with E-state index in [1.807, 2.05) is 20.8 Å².